The van der Waals surface area contributed by atoms with Crippen LogP contribution >= 0.6 is 0 Å². The fourth-order valence-corrected chi connectivity index (χ4v) is 9.75. The van der Waals surface area contributed by atoms with E-state index in [1.165, 1.54) is 12.5 Å². The van der Waals surface area contributed by atoms with Gasteiger partial charge in [-0.2, -0.15) is 0 Å². The van der Waals surface area contributed by atoms with E-state index >= 15 is 0 Å². The van der Waals surface area contributed by atoms with Crippen molar-refractivity contribution in [2.75, 3.05) is 0 Å². The fraction of sp³-hybridized carbons (Fsp3) is 0.750. The number of hydrogen-bond acceptors (Lipinski definition) is 6. The molecule has 0 radical (unpaired) electrons. The number of aliphatic hydroxyl groups excluding tert-OH is 2. The molecule has 6 heteroatoms. The molecule has 5 rings (SSSR count). The third-order valence-electron chi connectivity index (χ3n) is 11.2. The van der Waals surface area contributed by atoms with E-state index in [1.54, 1.807) is 6.08 Å². The summed E-state index contributed by atoms with van der Waals surface area (Å²) in [5.74, 6) is -0.112. The van der Waals surface area contributed by atoms with Gasteiger partial charge in [0.2, 0.25) is 0 Å². The number of carbonyl (C=O) groups excluding carboxylic acids is 2. The molecule has 0 aromatic carbocycles. The molecular formula is C32H46O6. The van der Waals surface area contributed by atoms with E-state index in [4.69, 9.17) is 9.47 Å². The second-order valence-electron chi connectivity index (χ2n) is 14.4. The van der Waals surface area contributed by atoms with Crippen LogP contribution in [-0.2, 0) is 19.1 Å². The second kappa shape index (κ2) is 8.87. The number of ether oxygens (including phenoxy) is 2. The van der Waals surface area contributed by atoms with Gasteiger partial charge in [-0.15, -0.1) is 0 Å². The summed E-state index contributed by atoms with van der Waals surface area (Å²) in [5, 5.41) is 23.0. The summed E-state index contributed by atoms with van der Waals surface area (Å²) in [4.78, 5) is 25.4. The zero-order chi connectivity index (χ0) is 28.0. The van der Waals surface area contributed by atoms with Gasteiger partial charge in [0.1, 0.15) is 6.10 Å². The summed E-state index contributed by atoms with van der Waals surface area (Å²) >= 11 is 0. The summed E-state index contributed by atoms with van der Waals surface area (Å²) < 4.78 is 12.1. The van der Waals surface area contributed by atoms with Crippen LogP contribution in [0.4, 0.5) is 0 Å². The number of esters is 1. The van der Waals surface area contributed by atoms with Gasteiger partial charge in [-0.05, 0) is 65.9 Å². The largest absolute Gasteiger partial charge is 0.462 e. The van der Waals surface area contributed by atoms with E-state index in [9.17, 15) is 19.8 Å². The molecule has 0 aromatic heterocycles. The van der Waals surface area contributed by atoms with E-state index in [0.29, 0.717) is 18.8 Å². The highest BCUT2D eigenvalue weighted by Crippen LogP contribution is 2.72. The Kier molecular flexibility index (Phi) is 6.49. The Morgan fingerprint density at radius 2 is 1.87 bits per heavy atom. The summed E-state index contributed by atoms with van der Waals surface area (Å²) in [6.07, 6.45) is 8.64. The van der Waals surface area contributed by atoms with Crippen molar-refractivity contribution < 1.29 is 29.3 Å². The van der Waals surface area contributed by atoms with Crippen LogP contribution in [-0.4, -0.2) is 46.6 Å². The SMILES string of the molecule is CC(=O)O[C@@H]1C[C@H]2C(C)(C)C(=O)C=C[C@]2(C)[C@H]2[C@H](O)C[C@]3(C)C(=CC[C@H]3C3=C[C@@H](CC(C)C)O[C@H]3O)[C@@]21C. The molecule has 6 nitrogen and oxygen atoms in total. The fourth-order valence-electron chi connectivity index (χ4n) is 9.75. The van der Waals surface area contributed by atoms with Crippen molar-refractivity contribution in [3.05, 3.63) is 35.5 Å². The minimum atomic E-state index is -0.943. The van der Waals surface area contributed by atoms with Crippen molar-refractivity contribution in [3.63, 3.8) is 0 Å². The van der Waals surface area contributed by atoms with Gasteiger partial charge in [-0.1, -0.05) is 72.3 Å². The van der Waals surface area contributed by atoms with Gasteiger partial charge in [0.05, 0.1) is 12.2 Å². The molecule has 0 amide bonds. The van der Waals surface area contributed by atoms with Gasteiger partial charge in [-0.3, -0.25) is 9.59 Å². The van der Waals surface area contributed by atoms with Crippen LogP contribution in [0.3, 0.4) is 0 Å². The molecule has 4 aliphatic carbocycles. The van der Waals surface area contributed by atoms with Gasteiger partial charge >= 0.3 is 5.97 Å². The van der Waals surface area contributed by atoms with E-state index < -0.39 is 40.2 Å². The number of ketones is 1. The summed E-state index contributed by atoms with van der Waals surface area (Å²) in [6.45, 7) is 16.3. The predicted molar refractivity (Wildman–Crippen MR) is 145 cm³/mol. The van der Waals surface area contributed by atoms with Gasteiger partial charge in [0, 0.05) is 23.7 Å². The van der Waals surface area contributed by atoms with Crippen LogP contribution in [0.5, 0.6) is 0 Å². The molecular weight excluding hydrogens is 480 g/mol. The third kappa shape index (κ3) is 3.77. The molecule has 2 N–H and O–H groups in total. The van der Waals surface area contributed by atoms with E-state index in [2.05, 4.69) is 46.8 Å². The number of allylic oxidation sites excluding steroid dienone is 3. The van der Waals surface area contributed by atoms with E-state index in [-0.39, 0.29) is 35.6 Å². The first-order valence-electron chi connectivity index (χ1n) is 14.4. The highest BCUT2D eigenvalue weighted by molar-refractivity contribution is 5.95. The first-order chi connectivity index (χ1) is 17.6. The Bertz CT molecular complexity index is 1110. The first-order valence-corrected chi connectivity index (χ1v) is 14.4. The van der Waals surface area contributed by atoms with Crippen LogP contribution in [0.1, 0.15) is 81.1 Å². The Morgan fingerprint density at radius 3 is 2.50 bits per heavy atom. The van der Waals surface area contributed by atoms with Crippen molar-refractivity contribution in [2.24, 2.45) is 45.3 Å². The summed E-state index contributed by atoms with van der Waals surface area (Å²) in [7, 11) is 0. The quantitative estimate of drug-likeness (QED) is 0.389. The van der Waals surface area contributed by atoms with Gasteiger partial charge in [0.25, 0.3) is 0 Å². The van der Waals surface area contributed by atoms with Crippen molar-refractivity contribution in [1.29, 1.82) is 0 Å². The lowest BCUT2D eigenvalue weighted by molar-refractivity contribution is -0.209. The monoisotopic (exact) mass is 526 g/mol. The number of aliphatic hydroxyl groups is 2. The lowest BCUT2D eigenvalue weighted by Gasteiger charge is -2.67. The summed E-state index contributed by atoms with van der Waals surface area (Å²) in [6, 6.07) is 0. The molecule has 1 aliphatic heterocycles. The molecule has 1 heterocycles. The predicted octanol–water partition coefficient (Wildman–Crippen LogP) is 5.14. The zero-order valence-electron chi connectivity index (χ0n) is 24.3. The number of rotatable bonds is 4. The first kappa shape index (κ1) is 27.8. The number of fused-ring (bicyclic) bond motifs is 5. The average molecular weight is 527 g/mol. The van der Waals surface area contributed by atoms with E-state index in [0.717, 1.165) is 18.4 Å². The molecule has 0 unspecified atom stereocenters. The van der Waals surface area contributed by atoms with E-state index in [1.807, 2.05) is 19.9 Å². The molecule has 0 bridgehead atoms. The summed E-state index contributed by atoms with van der Waals surface area (Å²) in [5.41, 5.74) is 0.00414. The molecule has 0 aromatic rings. The lowest BCUT2D eigenvalue weighted by atomic mass is 9.38. The van der Waals surface area contributed by atoms with Crippen LogP contribution in [0.25, 0.3) is 0 Å². The molecule has 5 aliphatic rings. The van der Waals surface area contributed by atoms with Crippen LogP contribution < -0.4 is 0 Å². The molecule has 10 atom stereocenters. The van der Waals surface area contributed by atoms with Crippen LogP contribution in [0.2, 0.25) is 0 Å². The smallest absolute Gasteiger partial charge is 0.302 e. The minimum absolute atomic E-state index is 0.000474. The van der Waals surface area contributed by atoms with Crippen LogP contribution in [0, 0.1) is 45.3 Å². The van der Waals surface area contributed by atoms with Crippen molar-refractivity contribution in [2.45, 2.75) is 106 Å². The molecule has 2 fully saturated rings. The topological polar surface area (TPSA) is 93.1 Å². The Hall–Kier alpha value is -1.76. The molecule has 38 heavy (non-hydrogen) atoms. The third-order valence-corrected chi connectivity index (χ3v) is 11.2. The highest BCUT2D eigenvalue weighted by Gasteiger charge is 2.71. The van der Waals surface area contributed by atoms with Gasteiger partial charge < -0.3 is 19.7 Å². The van der Waals surface area contributed by atoms with Gasteiger partial charge in [-0.25, -0.2) is 0 Å². The second-order valence-corrected chi connectivity index (χ2v) is 14.4. The minimum Gasteiger partial charge on any atom is -0.462 e. The maximum Gasteiger partial charge on any atom is 0.302 e. The average Bonchev–Trinajstić information content (AvgIpc) is 3.30. The standard InChI is InChI=1S/C32H46O6/c1-17(2)13-19-14-20(28(36)38-19)21-9-10-23-31(21,7)16-22(34)27-30(6)12-11-25(35)29(4,5)24(30)15-26(32(23,27)8)37-18(3)33/h10-12,14,17,19,21-22,24,26-28,34,36H,9,13,15-16H2,1-8H3/t19-,21+,22-,24+,26-,27-,28-,30+,31+,32-/m1/s1. The maximum atomic E-state index is 13.0. The van der Waals surface area contributed by atoms with Crippen molar-refractivity contribution >= 4 is 11.8 Å². The Balaban J connectivity index is 1.60. The Morgan fingerprint density at radius 1 is 1.18 bits per heavy atom. The molecule has 0 spiro atoms. The zero-order valence-corrected chi connectivity index (χ0v) is 24.3. The Labute approximate surface area is 227 Å². The number of carbonyl (C=O) groups is 2. The van der Waals surface area contributed by atoms with Gasteiger partial charge in [0.15, 0.2) is 12.1 Å². The highest BCUT2D eigenvalue weighted by atomic mass is 16.6. The van der Waals surface area contributed by atoms with Crippen LogP contribution in [0.15, 0.2) is 35.5 Å². The molecule has 2 saturated carbocycles. The lowest BCUT2D eigenvalue weighted by Crippen LogP contribution is -2.67. The van der Waals surface area contributed by atoms with Crippen molar-refractivity contribution in [3.8, 4) is 0 Å². The molecule has 210 valence electrons. The molecule has 0 saturated heterocycles. The normalized spacial score (nSPS) is 47.2. The van der Waals surface area contributed by atoms with Crippen molar-refractivity contribution in [1.82, 2.24) is 0 Å². The number of hydrogen-bond donors (Lipinski definition) is 2. The maximum absolute atomic E-state index is 13.0.